The van der Waals surface area contributed by atoms with Gasteiger partial charge in [0, 0.05) is 6.42 Å². The van der Waals surface area contributed by atoms with E-state index in [9.17, 15) is 9.59 Å². The second-order valence-corrected chi connectivity index (χ2v) is 2.48. The number of carbonyl (C=O) groups excluding carboxylic acids is 2. The lowest BCUT2D eigenvalue weighted by atomic mass is 10.0. The summed E-state index contributed by atoms with van der Waals surface area (Å²) in [7, 11) is 0. The predicted molar refractivity (Wildman–Crippen MR) is 44.4 cm³/mol. The summed E-state index contributed by atoms with van der Waals surface area (Å²) in [5.74, 6) is 0. The minimum atomic E-state index is 0.450. The molecular formula is C9H14O2. The second-order valence-electron chi connectivity index (χ2n) is 2.48. The van der Waals surface area contributed by atoms with Crippen LogP contribution >= 0.6 is 0 Å². The third-order valence-electron chi connectivity index (χ3n) is 1.75. The number of hydrogen-bond acceptors (Lipinski definition) is 2. The van der Waals surface area contributed by atoms with Crippen LogP contribution in [0.4, 0.5) is 0 Å². The maximum Gasteiger partial charge on any atom is 0.145 e. The van der Waals surface area contributed by atoms with Gasteiger partial charge in [0.15, 0.2) is 0 Å². The van der Waals surface area contributed by atoms with Gasteiger partial charge in [-0.2, -0.15) is 0 Å². The number of hydrogen-bond donors (Lipinski definition) is 0. The molecule has 0 fully saturated rings. The molecule has 0 atom stereocenters. The van der Waals surface area contributed by atoms with Crippen LogP contribution in [0.25, 0.3) is 0 Å². The van der Waals surface area contributed by atoms with E-state index in [4.69, 9.17) is 0 Å². The van der Waals surface area contributed by atoms with Crippen molar-refractivity contribution in [2.24, 2.45) is 0 Å². The molecule has 0 amide bonds. The van der Waals surface area contributed by atoms with Gasteiger partial charge in [-0.1, -0.05) is 12.5 Å². The molecule has 0 aliphatic carbocycles. The molecule has 0 spiro atoms. The minimum absolute atomic E-state index is 0.450. The maximum atomic E-state index is 10.4. The number of allylic oxidation sites excluding steroid dienone is 2. The lowest BCUT2D eigenvalue weighted by molar-refractivity contribution is -0.107. The molecule has 0 bridgehead atoms. The van der Waals surface area contributed by atoms with Gasteiger partial charge in [0.1, 0.15) is 12.6 Å². The lowest BCUT2D eigenvalue weighted by Gasteiger charge is -2.00. The normalized spacial score (nSPS) is 12.2. The summed E-state index contributed by atoms with van der Waals surface area (Å²) in [6.45, 7) is 3.92. The van der Waals surface area contributed by atoms with Gasteiger partial charge in [-0.15, -0.1) is 0 Å². The second kappa shape index (κ2) is 5.83. The summed E-state index contributed by atoms with van der Waals surface area (Å²) in [6, 6.07) is 0. The summed E-state index contributed by atoms with van der Waals surface area (Å²) in [6.07, 6.45) is 3.61. The molecule has 0 aliphatic rings. The molecule has 0 unspecified atom stereocenters. The first kappa shape index (κ1) is 10.1. The van der Waals surface area contributed by atoms with Crippen molar-refractivity contribution < 1.29 is 9.59 Å². The molecule has 0 saturated heterocycles. The Labute approximate surface area is 67.3 Å². The molecule has 0 radical (unpaired) electrons. The highest BCUT2D eigenvalue weighted by Gasteiger charge is 1.98. The highest BCUT2D eigenvalue weighted by atomic mass is 16.1. The zero-order valence-electron chi connectivity index (χ0n) is 7.09. The van der Waals surface area contributed by atoms with Gasteiger partial charge in [0.05, 0.1) is 0 Å². The predicted octanol–water partition coefficient (Wildman–Crippen LogP) is 1.89. The van der Waals surface area contributed by atoms with Crippen molar-refractivity contribution in [3.05, 3.63) is 11.1 Å². The quantitative estimate of drug-likeness (QED) is 0.447. The van der Waals surface area contributed by atoms with Gasteiger partial charge in [-0.05, 0) is 25.3 Å². The van der Waals surface area contributed by atoms with Crippen LogP contribution in [0.3, 0.4) is 0 Å². The van der Waals surface area contributed by atoms with Gasteiger partial charge >= 0.3 is 0 Å². The molecule has 0 aromatic carbocycles. The average Bonchev–Trinajstić information content (AvgIpc) is 2.05. The van der Waals surface area contributed by atoms with Crippen molar-refractivity contribution in [2.75, 3.05) is 0 Å². The average molecular weight is 154 g/mol. The van der Waals surface area contributed by atoms with Crippen LogP contribution in [0.2, 0.25) is 0 Å². The fourth-order valence-corrected chi connectivity index (χ4v) is 0.814. The lowest BCUT2D eigenvalue weighted by Crippen LogP contribution is -1.90. The maximum absolute atomic E-state index is 10.4. The van der Waals surface area contributed by atoms with E-state index in [0.29, 0.717) is 12.8 Å². The smallest absolute Gasteiger partial charge is 0.145 e. The standard InChI is InChI=1S/C9H14O2/c1-3-8(2)9(7-11)5-4-6-10/h6-7H,3-5H2,1-2H3/b9-8-. The fourth-order valence-electron chi connectivity index (χ4n) is 0.814. The first-order valence-corrected chi connectivity index (χ1v) is 3.83. The molecule has 62 valence electrons. The van der Waals surface area contributed by atoms with Gasteiger partial charge in [0.25, 0.3) is 0 Å². The van der Waals surface area contributed by atoms with E-state index in [-0.39, 0.29) is 0 Å². The molecule has 0 aliphatic heterocycles. The van der Waals surface area contributed by atoms with Gasteiger partial charge in [-0.25, -0.2) is 0 Å². The molecule has 0 aromatic rings. The highest BCUT2D eigenvalue weighted by Crippen LogP contribution is 2.10. The molecule has 0 saturated carbocycles. The van der Waals surface area contributed by atoms with E-state index in [1.165, 1.54) is 0 Å². The van der Waals surface area contributed by atoms with E-state index in [0.717, 1.165) is 30.1 Å². The van der Waals surface area contributed by atoms with E-state index in [2.05, 4.69) is 0 Å². The number of carbonyl (C=O) groups is 2. The van der Waals surface area contributed by atoms with Crippen molar-refractivity contribution in [3.8, 4) is 0 Å². The van der Waals surface area contributed by atoms with Crippen LogP contribution in [0, 0.1) is 0 Å². The Morgan fingerprint density at radius 2 is 2.00 bits per heavy atom. The SMILES string of the molecule is CC/C(C)=C(\C=O)CCC=O. The number of rotatable bonds is 5. The Hall–Kier alpha value is -0.920. The zero-order chi connectivity index (χ0) is 8.69. The molecule has 2 heteroatoms. The van der Waals surface area contributed by atoms with Crippen LogP contribution in [-0.2, 0) is 9.59 Å². The van der Waals surface area contributed by atoms with Crippen molar-refractivity contribution in [3.63, 3.8) is 0 Å². The molecule has 0 N–H and O–H groups in total. The van der Waals surface area contributed by atoms with Crippen LogP contribution < -0.4 is 0 Å². The Balaban J connectivity index is 4.13. The van der Waals surface area contributed by atoms with Crippen molar-refractivity contribution in [1.82, 2.24) is 0 Å². The minimum Gasteiger partial charge on any atom is -0.303 e. The Kier molecular flexibility index (Phi) is 5.35. The highest BCUT2D eigenvalue weighted by molar-refractivity contribution is 5.75. The summed E-state index contributed by atoms with van der Waals surface area (Å²) >= 11 is 0. The van der Waals surface area contributed by atoms with E-state index in [1.807, 2.05) is 13.8 Å². The molecule has 0 rings (SSSR count). The summed E-state index contributed by atoms with van der Waals surface area (Å²) < 4.78 is 0. The Bertz CT molecular complexity index is 168. The van der Waals surface area contributed by atoms with Crippen molar-refractivity contribution in [1.29, 1.82) is 0 Å². The van der Waals surface area contributed by atoms with E-state index < -0.39 is 0 Å². The summed E-state index contributed by atoms with van der Waals surface area (Å²) in [5.41, 5.74) is 1.86. The topological polar surface area (TPSA) is 34.1 Å². The van der Waals surface area contributed by atoms with Crippen molar-refractivity contribution >= 4 is 12.6 Å². The monoisotopic (exact) mass is 154 g/mol. The van der Waals surface area contributed by atoms with Crippen LogP contribution in [0.5, 0.6) is 0 Å². The largest absolute Gasteiger partial charge is 0.303 e. The van der Waals surface area contributed by atoms with E-state index in [1.54, 1.807) is 0 Å². The van der Waals surface area contributed by atoms with Crippen LogP contribution in [0.1, 0.15) is 33.1 Å². The van der Waals surface area contributed by atoms with Crippen molar-refractivity contribution in [2.45, 2.75) is 33.1 Å². The fraction of sp³-hybridized carbons (Fsp3) is 0.556. The summed E-state index contributed by atoms with van der Waals surface area (Å²) in [4.78, 5) is 20.4. The Morgan fingerprint density at radius 1 is 1.36 bits per heavy atom. The molecule has 0 aromatic heterocycles. The molecule has 11 heavy (non-hydrogen) atoms. The van der Waals surface area contributed by atoms with Crippen LogP contribution in [-0.4, -0.2) is 12.6 Å². The van der Waals surface area contributed by atoms with Crippen LogP contribution in [0.15, 0.2) is 11.1 Å². The van der Waals surface area contributed by atoms with Gasteiger partial charge in [0.2, 0.25) is 0 Å². The number of aldehydes is 2. The molecule has 0 heterocycles. The third kappa shape index (κ3) is 3.71. The van der Waals surface area contributed by atoms with E-state index >= 15 is 0 Å². The zero-order valence-corrected chi connectivity index (χ0v) is 7.09. The first-order chi connectivity index (χ1) is 5.26. The van der Waals surface area contributed by atoms with Gasteiger partial charge < -0.3 is 4.79 Å². The first-order valence-electron chi connectivity index (χ1n) is 3.83. The van der Waals surface area contributed by atoms with Gasteiger partial charge in [-0.3, -0.25) is 4.79 Å². The Morgan fingerprint density at radius 3 is 2.36 bits per heavy atom. The third-order valence-corrected chi connectivity index (χ3v) is 1.75. The molecular weight excluding hydrogens is 140 g/mol. The molecule has 2 nitrogen and oxygen atoms in total. The summed E-state index contributed by atoms with van der Waals surface area (Å²) in [5, 5.41) is 0.